The number of carboxylic acids is 1. The molecule has 4 nitrogen and oxygen atoms in total. The van der Waals surface area contributed by atoms with Gasteiger partial charge in [-0.15, -0.1) is 11.6 Å². The van der Waals surface area contributed by atoms with Gasteiger partial charge in [0.15, 0.2) is 5.82 Å². The Labute approximate surface area is 147 Å². The molecule has 0 unspecified atom stereocenters. The maximum atomic E-state index is 11.3. The molecule has 1 aromatic heterocycles. The van der Waals surface area contributed by atoms with Crippen molar-refractivity contribution in [2.75, 3.05) is 0 Å². The number of rotatable bonds is 8. The molecule has 0 saturated heterocycles. The lowest BCUT2D eigenvalue weighted by Crippen LogP contribution is -2.07. The van der Waals surface area contributed by atoms with Crippen molar-refractivity contribution >= 4 is 17.6 Å². The second-order valence-electron chi connectivity index (χ2n) is 6.03. The number of aromatic carboxylic acids is 1. The van der Waals surface area contributed by atoms with Gasteiger partial charge in [0.2, 0.25) is 0 Å². The summed E-state index contributed by atoms with van der Waals surface area (Å²) in [5, 5.41) is 9.17. The third-order valence-electron chi connectivity index (χ3n) is 3.87. The predicted octanol–water partition coefficient (Wildman–Crippen LogP) is 4.74. The smallest absolute Gasteiger partial charge is 0.335 e. The van der Waals surface area contributed by atoms with Gasteiger partial charge in [0, 0.05) is 23.3 Å². The van der Waals surface area contributed by atoms with Crippen LogP contribution in [-0.2, 0) is 12.8 Å². The van der Waals surface area contributed by atoms with E-state index in [2.05, 4.69) is 16.9 Å². The average Bonchev–Trinajstić information content (AvgIpc) is 2.55. The van der Waals surface area contributed by atoms with Gasteiger partial charge in [0.05, 0.1) is 5.56 Å². The summed E-state index contributed by atoms with van der Waals surface area (Å²) < 4.78 is 0. The highest BCUT2D eigenvalue weighted by molar-refractivity contribution is 6.20. The maximum Gasteiger partial charge on any atom is 0.335 e. The van der Waals surface area contributed by atoms with Crippen LogP contribution in [-0.4, -0.2) is 26.4 Å². The van der Waals surface area contributed by atoms with Crippen LogP contribution in [0.3, 0.4) is 0 Å². The quantitative estimate of drug-likeness (QED) is 0.553. The number of aryl methyl sites for hydroxylation is 1. The number of nitrogens with zero attached hydrogens (tertiary/aromatic N) is 2. The highest BCUT2D eigenvalue weighted by Gasteiger charge is 2.14. The first-order chi connectivity index (χ1) is 11.5. The summed E-state index contributed by atoms with van der Waals surface area (Å²) >= 11 is 6.04. The number of aromatic nitrogens is 2. The Morgan fingerprint density at radius 2 is 1.96 bits per heavy atom. The van der Waals surface area contributed by atoms with E-state index in [-0.39, 0.29) is 10.9 Å². The lowest BCUT2D eigenvalue weighted by atomic mass is 9.99. The highest BCUT2D eigenvalue weighted by atomic mass is 35.5. The molecule has 2 aromatic rings. The zero-order valence-electron chi connectivity index (χ0n) is 14.1. The molecule has 0 fully saturated rings. The molecule has 1 atom stereocenters. The molecular weight excluding hydrogens is 324 g/mol. The largest absolute Gasteiger partial charge is 0.478 e. The van der Waals surface area contributed by atoms with Gasteiger partial charge in [-0.05, 0) is 49.4 Å². The lowest BCUT2D eigenvalue weighted by Gasteiger charge is -2.10. The lowest BCUT2D eigenvalue weighted by molar-refractivity contribution is 0.0695. The Hall–Kier alpha value is -1.94. The summed E-state index contributed by atoms with van der Waals surface area (Å²) in [4.78, 5) is 20.2. The molecule has 0 spiro atoms. The second kappa shape index (κ2) is 8.78. The first-order valence-corrected chi connectivity index (χ1v) is 8.76. The zero-order valence-corrected chi connectivity index (χ0v) is 14.9. The van der Waals surface area contributed by atoms with E-state index in [9.17, 15) is 9.90 Å². The molecule has 0 bridgehead atoms. The van der Waals surface area contributed by atoms with E-state index < -0.39 is 5.97 Å². The van der Waals surface area contributed by atoms with Gasteiger partial charge in [-0.25, -0.2) is 14.8 Å². The molecule has 2 rings (SSSR count). The molecule has 0 radical (unpaired) electrons. The highest BCUT2D eigenvalue weighted by Crippen LogP contribution is 2.22. The molecule has 5 heteroatoms. The number of benzene rings is 1. The summed E-state index contributed by atoms with van der Waals surface area (Å²) in [7, 11) is 0. The van der Waals surface area contributed by atoms with Gasteiger partial charge in [-0.3, -0.25) is 0 Å². The van der Waals surface area contributed by atoms with Crippen LogP contribution in [0.5, 0.6) is 0 Å². The van der Waals surface area contributed by atoms with E-state index in [0.29, 0.717) is 17.8 Å². The Bertz CT molecular complexity index is 684. The zero-order chi connectivity index (χ0) is 17.5. The van der Waals surface area contributed by atoms with E-state index in [4.69, 9.17) is 11.6 Å². The summed E-state index contributed by atoms with van der Waals surface area (Å²) in [6.45, 7) is 4.03. The number of hydrogen-bond donors (Lipinski definition) is 1. The molecule has 0 aliphatic rings. The van der Waals surface area contributed by atoms with Crippen molar-refractivity contribution < 1.29 is 9.90 Å². The van der Waals surface area contributed by atoms with Crippen molar-refractivity contribution in [3.8, 4) is 11.4 Å². The predicted molar refractivity (Wildman–Crippen MR) is 96.7 cm³/mol. The van der Waals surface area contributed by atoms with Gasteiger partial charge in [-0.2, -0.15) is 0 Å². The molecule has 1 heterocycles. The molecule has 0 aliphatic heterocycles. The molecule has 0 saturated carbocycles. The first-order valence-electron chi connectivity index (χ1n) is 8.32. The number of alkyl halides is 1. The average molecular weight is 347 g/mol. The van der Waals surface area contributed by atoms with E-state index >= 15 is 0 Å². The number of carboxylic acid groups (broad SMARTS) is 1. The molecular formula is C19H23ClN2O2. The fraction of sp³-hybridized carbons (Fsp3) is 0.421. The minimum Gasteiger partial charge on any atom is -0.478 e. The topological polar surface area (TPSA) is 63.1 Å². The van der Waals surface area contributed by atoms with Gasteiger partial charge in [0.1, 0.15) is 0 Å². The van der Waals surface area contributed by atoms with Gasteiger partial charge < -0.3 is 5.11 Å². The van der Waals surface area contributed by atoms with Crippen LogP contribution in [0.25, 0.3) is 11.4 Å². The van der Waals surface area contributed by atoms with Crippen LogP contribution in [0.15, 0.2) is 30.6 Å². The van der Waals surface area contributed by atoms with Crippen molar-refractivity contribution in [3.05, 3.63) is 47.3 Å². The number of halogens is 1. The molecule has 0 aliphatic carbocycles. The fourth-order valence-electron chi connectivity index (χ4n) is 2.63. The van der Waals surface area contributed by atoms with Crippen LogP contribution >= 0.6 is 11.6 Å². The van der Waals surface area contributed by atoms with Gasteiger partial charge >= 0.3 is 5.97 Å². The van der Waals surface area contributed by atoms with Crippen LogP contribution < -0.4 is 0 Å². The van der Waals surface area contributed by atoms with E-state index in [1.807, 2.05) is 25.4 Å². The third kappa shape index (κ3) is 5.03. The second-order valence-corrected chi connectivity index (χ2v) is 6.78. The van der Waals surface area contributed by atoms with Crippen LogP contribution in [0.1, 0.15) is 54.6 Å². The number of unbranched alkanes of at least 4 members (excludes halogenated alkanes) is 2. The van der Waals surface area contributed by atoms with Crippen LogP contribution in [0.2, 0.25) is 0 Å². The van der Waals surface area contributed by atoms with Crippen LogP contribution in [0.4, 0.5) is 0 Å². The standard InChI is InChI=1S/C19H23ClN2O2/c1-3-4-5-6-14-11-21-18(22-12-14)15-7-8-17(19(23)24)16(10-15)9-13(2)20/h7-8,10-13H,3-6,9H2,1-2H3,(H,23,24)/t13-/m1/s1. The normalized spacial score (nSPS) is 12.1. The number of carbonyl (C=O) groups is 1. The van der Waals surface area contributed by atoms with Gasteiger partial charge in [-0.1, -0.05) is 25.8 Å². The summed E-state index contributed by atoms with van der Waals surface area (Å²) in [6.07, 6.45) is 8.73. The molecule has 24 heavy (non-hydrogen) atoms. The Kier molecular flexibility index (Phi) is 6.73. The fourth-order valence-corrected chi connectivity index (χ4v) is 2.79. The van der Waals surface area contributed by atoms with E-state index in [1.54, 1.807) is 12.1 Å². The Morgan fingerprint density at radius 1 is 1.25 bits per heavy atom. The first kappa shape index (κ1) is 18.4. The van der Waals surface area contributed by atoms with Crippen molar-refractivity contribution in [2.24, 2.45) is 0 Å². The van der Waals surface area contributed by atoms with Crippen molar-refractivity contribution in [2.45, 2.75) is 51.3 Å². The minimum absolute atomic E-state index is 0.139. The third-order valence-corrected chi connectivity index (χ3v) is 4.02. The minimum atomic E-state index is -0.943. The molecule has 1 aromatic carbocycles. The molecule has 128 valence electrons. The van der Waals surface area contributed by atoms with Crippen molar-refractivity contribution in [1.82, 2.24) is 9.97 Å². The van der Waals surface area contributed by atoms with Crippen LogP contribution in [0, 0.1) is 0 Å². The Balaban J connectivity index is 2.23. The monoisotopic (exact) mass is 346 g/mol. The van der Waals surface area contributed by atoms with Crippen molar-refractivity contribution in [3.63, 3.8) is 0 Å². The number of hydrogen-bond acceptors (Lipinski definition) is 3. The van der Waals surface area contributed by atoms with E-state index in [1.165, 1.54) is 12.8 Å². The summed E-state index contributed by atoms with van der Waals surface area (Å²) in [5.41, 5.74) is 2.93. The summed E-state index contributed by atoms with van der Waals surface area (Å²) in [5.74, 6) is -0.337. The maximum absolute atomic E-state index is 11.3. The molecule has 0 amide bonds. The SMILES string of the molecule is CCCCCc1cnc(-c2ccc(C(=O)O)c(C[C@@H](C)Cl)c2)nc1. The van der Waals surface area contributed by atoms with E-state index in [0.717, 1.165) is 24.0 Å². The Morgan fingerprint density at radius 3 is 2.54 bits per heavy atom. The summed E-state index contributed by atoms with van der Waals surface area (Å²) in [6, 6.07) is 5.18. The van der Waals surface area contributed by atoms with Crippen molar-refractivity contribution in [1.29, 1.82) is 0 Å². The van der Waals surface area contributed by atoms with Gasteiger partial charge in [0.25, 0.3) is 0 Å². The molecule has 1 N–H and O–H groups in total.